The molecular formula is C25H26N4O2. The summed E-state index contributed by atoms with van der Waals surface area (Å²) in [5.74, 6) is 0.675. The molecule has 1 aromatic heterocycles. The molecular weight excluding hydrogens is 388 g/mol. The molecule has 0 unspecified atom stereocenters. The van der Waals surface area contributed by atoms with Crippen molar-refractivity contribution in [1.82, 2.24) is 9.78 Å². The number of amides is 2. The van der Waals surface area contributed by atoms with E-state index in [-0.39, 0.29) is 18.2 Å². The fourth-order valence-corrected chi connectivity index (χ4v) is 4.93. The minimum Gasteiger partial charge on any atom is -0.311 e. The van der Waals surface area contributed by atoms with Crippen LogP contribution in [0.5, 0.6) is 0 Å². The largest absolute Gasteiger partial charge is 0.311 e. The zero-order valence-corrected chi connectivity index (χ0v) is 18.3. The van der Waals surface area contributed by atoms with Crippen LogP contribution in [0.3, 0.4) is 0 Å². The number of aromatic nitrogens is 2. The Balaban J connectivity index is 1.75. The Labute approximate surface area is 181 Å². The summed E-state index contributed by atoms with van der Waals surface area (Å²) in [5, 5.41) is 7.65. The number of hydrogen-bond acceptors (Lipinski definition) is 3. The molecule has 1 spiro atoms. The molecule has 3 heterocycles. The van der Waals surface area contributed by atoms with E-state index in [1.54, 1.807) is 10.9 Å². The van der Waals surface area contributed by atoms with E-state index in [2.05, 4.69) is 30.3 Å². The maximum Gasteiger partial charge on any atom is 0.242 e. The molecule has 1 atom stereocenters. The number of para-hydroxylation sites is 1. The number of rotatable bonds is 3. The molecule has 0 aliphatic carbocycles. The van der Waals surface area contributed by atoms with Gasteiger partial charge in [-0.15, -0.1) is 0 Å². The van der Waals surface area contributed by atoms with Gasteiger partial charge in [0.05, 0.1) is 11.9 Å². The standard InChI is InChI=1S/C25H26N4O2/c1-15(2)14-28-20-8-6-5-7-18(20)25(24(28)31)12-22(30)27-23-19(25)13-26-29(23)21-11-16(3)9-10-17(21)4/h5-11,13,15H,12,14H2,1-4H3,(H,27,30)/t25-/m1/s1. The van der Waals surface area contributed by atoms with Crippen molar-refractivity contribution in [2.45, 2.75) is 39.5 Å². The molecule has 31 heavy (non-hydrogen) atoms. The predicted molar refractivity (Wildman–Crippen MR) is 121 cm³/mol. The first-order valence-electron chi connectivity index (χ1n) is 10.7. The number of hydrogen-bond donors (Lipinski definition) is 1. The minimum atomic E-state index is -1.04. The van der Waals surface area contributed by atoms with Crippen LogP contribution in [0.4, 0.5) is 11.5 Å². The first-order chi connectivity index (χ1) is 14.8. The lowest BCUT2D eigenvalue weighted by atomic mass is 9.72. The zero-order valence-electron chi connectivity index (χ0n) is 18.3. The van der Waals surface area contributed by atoms with E-state index >= 15 is 0 Å². The zero-order chi connectivity index (χ0) is 21.9. The van der Waals surface area contributed by atoms with Crippen molar-refractivity contribution < 1.29 is 9.59 Å². The predicted octanol–water partition coefficient (Wildman–Crippen LogP) is 4.12. The molecule has 2 aromatic carbocycles. The maximum atomic E-state index is 14.0. The lowest BCUT2D eigenvalue weighted by Gasteiger charge is -2.33. The van der Waals surface area contributed by atoms with E-state index in [0.29, 0.717) is 18.3 Å². The molecule has 0 bridgehead atoms. The first-order valence-corrected chi connectivity index (χ1v) is 10.7. The van der Waals surface area contributed by atoms with Gasteiger partial charge in [0.2, 0.25) is 11.8 Å². The molecule has 2 aliphatic rings. The highest BCUT2D eigenvalue weighted by atomic mass is 16.2. The molecule has 2 aliphatic heterocycles. The van der Waals surface area contributed by atoms with Crippen LogP contribution in [0, 0.1) is 19.8 Å². The van der Waals surface area contributed by atoms with Crippen LogP contribution in [0.15, 0.2) is 48.7 Å². The van der Waals surface area contributed by atoms with E-state index in [0.717, 1.165) is 33.6 Å². The van der Waals surface area contributed by atoms with Gasteiger partial charge in [-0.05, 0) is 48.6 Å². The molecule has 0 saturated carbocycles. The van der Waals surface area contributed by atoms with Crippen LogP contribution in [-0.4, -0.2) is 28.1 Å². The van der Waals surface area contributed by atoms with Crippen molar-refractivity contribution in [3.8, 4) is 5.69 Å². The second kappa shape index (κ2) is 6.80. The van der Waals surface area contributed by atoms with Gasteiger partial charge in [0, 0.05) is 24.2 Å². The van der Waals surface area contributed by atoms with E-state index in [9.17, 15) is 9.59 Å². The Morgan fingerprint density at radius 3 is 2.61 bits per heavy atom. The number of nitrogens with zero attached hydrogens (tertiary/aromatic N) is 3. The second-order valence-electron chi connectivity index (χ2n) is 9.07. The highest BCUT2D eigenvalue weighted by Gasteiger charge is 2.57. The van der Waals surface area contributed by atoms with Gasteiger partial charge >= 0.3 is 0 Å². The summed E-state index contributed by atoms with van der Waals surface area (Å²) in [7, 11) is 0. The van der Waals surface area contributed by atoms with Crippen LogP contribution in [0.25, 0.3) is 5.69 Å². The number of carbonyl (C=O) groups excluding carboxylic acids is 2. The van der Waals surface area contributed by atoms with Gasteiger partial charge in [-0.25, -0.2) is 4.68 Å². The summed E-state index contributed by atoms with van der Waals surface area (Å²) >= 11 is 0. The normalized spacial score (nSPS) is 19.7. The molecule has 0 fully saturated rings. The van der Waals surface area contributed by atoms with Crippen molar-refractivity contribution >= 4 is 23.3 Å². The topological polar surface area (TPSA) is 67.2 Å². The van der Waals surface area contributed by atoms with Crippen molar-refractivity contribution in [3.63, 3.8) is 0 Å². The first kappa shape index (κ1) is 19.5. The van der Waals surface area contributed by atoms with Crippen LogP contribution in [0.1, 0.15) is 42.5 Å². The third kappa shape index (κ3) is 2.74. The average Bonchev–Trinajstić information content (AvgIpc) is 3.24. The van der Waals surface area contributed by atoms with Gasteiger partial charge in [-0.1, -0.05) is 44.2 Å². The van der Waals surface area contributed by atoms with E-state index in [1.807, 2.05) is 55.1 Å². The highest BCUT2D eigenvalue weighted by Crippen LogP contribution is 2.52. The smallest absolute Gasteiger partial charge is 0.242 e. The summed E-state index contributed by atoms with van der Waals surface area (Å²) in [6, 6.07) is 14.0. The molecule has 6 heteroatoms. The molecule has 1 N–H and O–H groups in total. The van der Waals surface area contributed by atoms with Crippen LogP contribution in [0.2, 0.25) is 0 Å². The van der Waals surface area contributed by atoms with Gasteiger partial charge in [0.15, 0.2) is 0 Å². The van der Waals surface area contributed by atoms with Gasteiger partial charge in [-0.3, -0.25) is 9.59 Å². The monoisotopic (exact) mass is 414 g/mol. The Morgan fingerprint density at radius 1 is 1.06 bits per heavy atom. The lowest BCUT2D eigenvalue weighted by molar-refractivity contribution is -0.126. The average molecular weight is 415 g/mol. The van der Waals surface area contributed by atoms with Gasteiger partial charge in [0.25, 0.3) is 0 Å². The second-order valence-corrected chi connectivity index (χ2v) is 9.07. The van der Waals surface area contributed by atoms with Crippen molar-refractivity contribution in [3.05, 3.63) is 70.9 Å². The Morgan fingerprint density at radius 2 is 1.84 bits per heavy atom. The van der Waals surface area contributed by atoms with Gasteiger partial charge in [-0.2, -0.15) is 5.10 Å². The fraction of sp³-hybridized carbons (Fsp3) is 0.320. The summed E-state index contributed by atoms with van der Waals surface area (Å²) < 4.78 is 1.76. The Kier molecular flexibility index (Phi) is 4.29. The van der Waals surface area contributed by atoms with Crippen LogP contribution < -0.4 is 10.2 Å². The van der Waals surface area contributed by atoms with Crippen molar-refractivity contribution in [2.75, 3.05) is 16.8 Å². The quantitative estimate of drug-likeness (QED) is 0.701. The van der Waals surface area contributed by atoms with E-state index < -0.39 is 5.41 Å². The van der Waals surface area contributed by atoms with Crippen LogP contribution >= 0.6 is 0 Å². The van der Waals surface area contributed by atoms with Crippen molar-refractivity contribution in [2.24, 2.45) is 5.92 Å². The minimum absolute atomic E-state index is 0.0426. The third-order valence-electron chi connectivity index (χ3n) is 6.32. The molecule has 3 aromatic rings. The van der Waals surface area contributed by atoms with E-state index in [4.69, 9.17) is 0 Å². The summed E-state index contributed by atoms with van der Waals surface area (Å²) in [5.41, 5.74) is 4.54. The van der Waals surface area contributed by atoms with Crippen molar-refractivity contribution in [1.29, 1.82) is 0 Å². The van der Waals surface area contributed by atoms with Gasteiger partial charge in [0.1, 0.15) is 11.2 Å². The van der Waals surface area contributed by atoms with E-state index in [1.165, 1.54) is 0 Å². The SMILES string of the molecule is Cc1ccc(C)c(-n2ncc3c2NC(=O)C[C@]32C(=O)N(CC(C)C)c3ccccc32)c1. The Hall–Kier alpha value is -3.41. The number of carbonyl (C=O) groups is 2. The number of benzene rings is 2. The summed E-state index contributed by atoms with van der Waals surface area (Å²) in [6.07, 6.45) is 1.84. The molecule has 6 nitrogen and oxygen atoms in total. The van der Waals surface area contributed by atoms with Gasteiger partial charge < -0.3 is 10.2 Å². The summed E-state index contributed by atoms with van der Waals surface area (Å²) in [4.78, 5) is 28.8. The molecule has 0 saturated heterocycles. The third-order valence-corrected chi connectivity index (χ3v) is 6.32. The maximum absolute atomic E-state index is 14.0. The molecule has 0 radical (unpaired) electrons. The number of nitrogens with one attached hydrogen (secondary N) is 1. The number of fused-ring (bicyclic) bond motifs is 4. The number of aryl methyl sites for hydroxylation is 2. The molecule has 2 amide bonds. The number of anilines is 2. The van der Waals surface area contributed by atoms with Crippen LogP contribution in [-0.2, 0) is 15.0 Å². The summed E-state index contributed by atoms with van der Waals surface area (Å²) in [6.45, 7) is 8.85. The lowest BCUT2D eigenvalue weighted by Crippen LogP contribution is -2.47. The molecule has 5 rings (SSSR count). The fourth-order valence-electron chi connectivity index (χ4n) is 4.93. The highest BCUT2D eigenvalue weighted by molar-refractivity contribution is 6.15. The molecule has 158 valence electrons. The Bertz CT molecular complexity index is 1230.